The van der Waals surface area contributed by atoms with Gasteiger partial charge in [-0.25, -0.2) is 0 Å². The summed E-state index contributed by atoms with van der Waals surface area (Å²) < 4.78 is 7.42. The number of aryl methyl sites for hydroxylation is 1. The molecule has 2 aromatic carbocycles. The lowest BCUT2D eigenvalue weighted by Gasteiger charge is -2.10. The quantitative estimate of drug-likeness (QED) is 0.417. The molecule has 0 aliphatic carbocycles. The first-order valence-corrected chi connectivity index (χ1v) is 9.83. The Balaban J connectivity index is 1.66. The Bertz CT molecular complexity index is 1030. The van der Waals surface area contributed by atoms with Crippen molar-refractivity contribution in [1.29, 1.82) is 0 Å². The Kier molecular flexibility index (Phi) is 5.27. The van der Waals surface area contributed by atoms with Crippen molar-refractivity contribution in [2.75, 3.05) is 0 Å². The molecule has 0 aliphatic rings. The van der Waals surface area contributed by atoms with Gasteiger partial charge >= 0.3 is 0 Å². The summed E-state index contributed by atoms with van der Waals surface area (Å²) in [6.45, 7) is 2.60. The van der Waals surface area contributed by atoms with Crippen LogP contribution in [0.2, 0.25) is 5.02 Å². The van der Waals surface area contributed by atoms with E-state index in [0.717, 1.165) is 28.0 Å². The summed E-state index contributed by atoms with van der Waals surface area (Å²) in [5.74, 6) is 2.28. The van der Waals surface area contributed by atoms with Gasteiger partial charge in [-0.05, 0) is 36.8 Å². The lowest BCUT2D eigenvalue weighted by atomic mass is 10.2. The van der Waals surface area contributed by atoms with Crippen LogP contribution in [0, 0.1) is 6.92 Å². The summed E-state index contributed by atoms with van der Waals surface area (Å²) in [6.07, 6.45) is 0. The number of rotatable bonds is 6. The fourth-order valence-corrected chi connectivity index (χ4v) is 3.68. The van der Waals surface area contributed by atoms with Crippen LogP contribution in [0.1, 0.15) is 17.0 Å². The molecule has 0 bridgehead atoms. The third-order valence-electron chi connectivity index (χ3n) is 4.02. The number of hydrogen-bond donors (Lipinski definition) is 0. The van der Waals surface area contributed by atoms with Gasteiger partial charge in [0.25, 0.3) is 0 Å². The number of thioether (sulfide) groups is 1. The molecular formula is C20H17ClN4OS. The lowest BCUT2D eigenvalue weighted by molar-refractivity contribution is 0.391. The van der Waals surface area contributed by atoms with Crippen molar-refractivity contribution >= 4 is 23.4 Å². The zero-order valence-electron chi connectivity index (χ0n) is 14.7. The fourth-order valence-electron chi connectivity index (χ4n) is 2.74. The van der Waals surface area contributed by atoms with E-state index in [1.807, 2.05) is 55.5 Å². The highest BCUT2D eigenvalue weighted by molar-refractivity contribution is 7.98. The molecule has 0 fully saturated rings. The highest BCUT2D eigenvalue weighted by Crippen LogP contribution is 2.28. The van der Waals surface area contributed by atoms with E-state index in [-0.39, 0.29) is 0 Å². The molecule has 0 aliphatic heterocycles. The van der Waals surface area contributed by atoms with Gasteiger partial charge in [-0.1, -0.05) is 58.9 Å². The van der Waals surface area contributed by atoms with Crippen molar-refractivity contribution in [2.45, 2.75) is 24.4 Å². The van der Waals surface area contributed by atoms with Crippen molar-refractivity contribution in [2.24, 2.45) is 0 Å². The Morgan fingerprint density at radius 1 is 1.04 bits per heavy atom. The van der Waals surface area contributed by atoms with Crippen molar-refractivity contribution in [1.82, 2.24) is 19.9 Å². The van der Waals surface area contributed by atoms with Gasteiger partial charge in [0.15, 0.2) is 11.0 Å². The van der Waals surface area contributed by atoms with Crippen LogP contribution in [0.3, 0.4) is 0 Å². The summed E-state index contributed by atoms with van der Waals surface area (Å²) in [6, 6.07) is 19.9. The number of nitrogens with zero attached hydrogens (tertiary/aromatic N) is 4. The molecule has 4 aromatic rings. The second-order valence-corrected chi connectivity index (χ2v) is 7.49. The zero-order valence-corrected chi connectivity index (χ0v) is 16.2. The molecule has 2 aromatic heterocycles. The van der Waals surface area contributed by atoms with Gasteiger partial charge in [-0.15, -0.1) is 10.2 Å². The first kappa shape index (κ1) is 17.8. The average molecular weight is 397 g/mol. The minimum absolute atomic E-state index is 0.647. The molecule has 0 amide bonds. The van der Waals surface area contributed by atoms with Crippen LogP contribution in [0.4, 0.5) is 0 Å². The first-order chi connectivity index (χ1) is 13.2. The van der Waals surface area contributed by atoms with E-state index in [4.69, 9.17) is 16.1 Å². The van der Waals surface area contributed by atoms with Crippen LogP contribution >= 0.6 is 23.4 Å². The second-order valence-electron chi connectivity index (χ2n) is 6.11. The summed E-state index contributed by atoms with van der Waals surface area (Å²) in [5, 5.41) is 14.3. The third kappa shape index (κ3) is 4.23. The van der Waals surface area contributed by atoms with Crippen LogP contribution in [0.5, 0.6) is 0 Å². The van der Waals surface area contributed by atoms with Crippen LogP contribution < -0.4 is 0 Å². The molecule has 0 atom stereocenters. The van der Waals surface area contributed by atoms with Gasteiger partial charge in [0, 0.05) is 16.7 Å². The highest BCUT2D eigenvalue weighted by Gasteiger charge is 2.16. The molecular weight excluding hydrogens is 380 g/mol. The lowest BCUT2D eigenvalue weighted by Crippen LogP contribution is -2.04. The van der Waals surface area contributed by atoms with Gasteiger partial charge < -0.3 is 4.52 Å². The number of hydrogen-bond acceptors (Lipinski definition) is 5. The molecule has 0 unspecified atom stereocenters. The molecule has 0 N–H and O–H groups in total. The Morgan fingerprint density at radius 2 is 1.81 bits per heavy atom. The SMILES string of the molecule is Cc1cc(CSc2nnc(-c3ccc(Cl)cc3)n2Cc2ccccc2)on1. The Morgan fingerprint density at radius 3 is 2.52 bits per heavy atom. The van der Waals surface area contributed by atoms with Gasteiger partial charge in [-0.2, -0.15) is 0 Å². The Hall–Kier alpha value is -2.57. The predicted octanol–water partition coefficient (Wildman–Crippen LogP) is 5.24. The molecule has 5 nitrogen and oxygen atoms in total. The van der Waals surface area contributed by atoms with Gasteiger partial charge in [0.1, 0.15) is 5.76 Å². The maximum Gasteiger partial charge on any atom is 0.192 e. The predicted molar refractivity (Wildman–Crippen MR) is 107 cm³/mol. The maximum absolute atomic E-state index is 6.03. The first-order valence-electron chi connectivity index (χ1n) is 8.47. The second kappa shape index (κ2) is 7.98. The topological polar surface area (TPSA) is 56.7 Å². The average Bonchev–Trinajstić information content (AvgIpc) is 3.28. The zero-order chi connectivity index (χ0) is 18.6. The summed E-state index contributed by atoms with van der Waals surface area (Å²) in [7, 11) is 0. The summed E-state index contributed by atoms with van der Waals surface area (Å²) in [4.78, 5) is 0. The largest absolute Gasteiger partial charge is 0.360 e. The minimum atomic E-state index is 0.647. The van der Waals surface area contributed by atoms with E-state index in [1.54, 1.807) is 11.8 Å². The van der Waals surface area contributed by atoms with Crippen LogP contribution in [0.15, 0.2) is 70.3 Å². The number of aromatic nitrogens is 4. The van der Waals surface area contributed by atoms with Crippen molar-refractivity contribution in [3.63, 3.8) is 0 Å². The molecule has 0 radical (unpaired) electrons. The highest BCUT2D eigenvalue weighted by atomic mass is 35.5. The van der Waals surface area contributed by atoms with Gasteiger partial charge in [0.2, 0.25) is 0 Å². The molecule has 136 valence electrons. The van der Waals surface area contributed by atoms with E-state index in [0.29, 0.717) is 17.3 Å². The summed E-state index contributed by atoms with van der Waals surface area (Å²) in [5.41, 5.74) is 3.04. The maximum atomic E-state index is 6.03. The molecule has 0 saturated heterocycles. The normalized spacial score (nSPS) is 11.0. The fraction of sp³-hybridized carbons (Fsp3) is 0.150. The van der Waals surface area contributed by atoms with Crippen molar-refractivity contribution in [3.8, 4) is 11.4 Å². The van der Waals surface area contributed by atoms with Crippen LogP contribution in [0.25, 0.3) is 11.4 Å². The van der Waals surface area contributed by atoms with E-state index in [9.17, 15) is 0 Å². The molecule has 4 rings (SSSR count). The Labute approximate surface area is 166 Å². The standard InChI is InChI=1S/C20H17ClN4OS/c1-14-11-18(26-24-14)13-27-20-23-22-19(16-7-9-17(21)10-8-16)25(20)12-15-5-3-2-4-6-15/h2-11H,12-13H2,1H3. The third-order valence-corrected chi connectivity index (χ3v) is 5.26. The van der Waals surface area contributed by atoms with Crippen LogP contribution in [-0.4, -0.2) is 19.9 Å². The molecule has 7 heteroatoms. The van der Waals surface area contributed by atoms with Crippen LogP contribution in [-0.2, 0) is 12.3 Å². The van der Waals surface area contributed by atoms with Crippen molar-refractivity contribution < 1.29 is 4.52 Å². The number of halogens is 1. The van der Waals surface area contributed by atoms with Crippen molar-refractivity contribution in [3.05, 3.63) is 82.7 Å². The monoisotopic (exact) mass is 396 g/mol. The van der Waals surface area contributed by atoms with Gasteiger partial charge in [-0.3, -0.25) is 4.57 Å². The molecule has 2 heterocycles. The van der Waals surface area contributed by atoms with E-state index in [2.05, 4.69) is 32.1 Å². The van der Waals surface area contributed by atoms with E-state index >= 15 is 0 Å². The molecule has 0 saturated carbocycles. The van der Waals surface area contributed by atoms with E-state index < -0.39 is 0 Å². The molecule has 27 heavy (non-hydrogen) atoms. The van der Waals surface area contributed by atoms with E-state index in [1.165, 1.54) is 5.56 Å². The summed E-state index contributed by atoms with van der Waals surface area (Å²) >= 11 is 7.61. The number of benzene rings is 2. The van der Waals surface area contributed by atoms with Gasteiger partial charge in [0.05, 0.1) is 18.0 Å². The molecule has 0 spiro atoms. The minimum Gasteiger partial charge on any atom is -0.360 e. The smallest absolute Gasteiger partial charge is 0.192 e.